The molecule has 1 aromatic heterocycles. The number of carbonyl (C=O) groups excluding carboxylic acids is 2. The Balaban J connectivity index is 1.47. The maximum atomic E-state index is 13.2. The molecule has 2 aliphatic heterocycles. The lowest BCUT2D eigenvalue weighted by atomic mass is 9.73. The summed E-state index contributed by atoms with van der Waals surface area (Å²) in [6.45, 7) is 9.35. The molecule has 1 amide bonds. The third-order valence-corrected chi connectivity index (χ3v) is 9.46. The van der Waals surface area contributed by atoms with Gasteiger partial charge in [-0.15, -0.1) is 0 Å². The maximum Gasteiger partial charge on any atom is 0.407 e. The SMILES string of the molecule is COC(=O)c1nc(-c2cccc(Cl)c2Cl)c(OCc2ccc(OC)cc2)cc1N1CCC2(CC1)CO[C@@H](C)[C@H]2NC(=O)OC(C)(C)C. The molecule has 5 rings (SSSR count). The number of hydrogen-bond acceptors (Lipinski definition) is 9. The average molecular weight is 687 g/mol. The number of methoxy groups -OCH3 is 2. The van der Waals surface area contributed by atoms with Crippen LogP contribution in [-0.2, 0) is 20.8 Å². The highest BCUT2D eigenvalue weighted by Crippen LogP contribution is 2.45. The van der Waals surface area contributed by atoms with Crippen molar-refractivity contribution in [3.05, 3.63) is 69.8 Å². The van der Waals surface area contributed by atoms with Crippen LogP contribution in [0.4, 0.5) is 10.5 Å². The number of hydrogen-bond donors (Lipinski definition) is 1. The van der Waals surface area contributed by atoms with Crippen molar-refractivity contribution in [2.75, 3.05) is 38.8 Å². The summed E-state index contributed by atoms with van der Waals surface area (Å²) < 4.78 is 28.5. The smallest absolute Gasteiger partial charge is 0.407 e. The molecule has 1 N–H and O–H groups in total. The van der Waals surface area contributed by atoms with Crippen LogP contribution in [0.1, 0.15) is 56.6 Å². The second-order valence-corrected chi connectivity index (χ2v) is 13.7. The van der Waals surface area contributed by atoms with E-state index < -0.39 is 17.7 Å². The third kappa shape index (κ3) is 7.71. The van der Waals surface area contributed by atoms with E-state index in [4.69, 9.17) is 51.9 Å². The summed E-state index contributed by atoms with van der Waals surface area (Å²) in [6.07, 6.45) is 0.749. The van der Waals surface area contributed by atoms with E-state index in [1.165, 1.54) is 7.11 Å². The summed E-state index contributed by atoms with van der Waals surface area (Å²) >= 11 is 13.0. The van der Waals surface area contributed by atoms with Crippen LogP contribution in [0, 0.1) is 5.41 Å². The summed E-state index contributed by atoms with van der Waals surface area (Å²) in [7, 11) is 2.94. The van der Waals surface area contributed by atoms with Crippen LogP contribution >= 0.6 is 23.2 Å². The number of halogens is 2. The van der Waals surface area contributed by atoms with Gasteiger partial charge in [-0.3, -0.25) is 0 Å². The van der Waals surface area contributed by atoms with E-state index in [0.29, 0.717) is 65.3 Å². The van der Waals surface area contributed by atoms with E-state index in [1.807, 2.05) is 58.0 Å². The minimum absolute atomic E-state index is 0.130. The Morgan fingerprint density at radius 3 is 2.43 bits per heavy atom. The van der Waals surface area contributed by atoms with Crippen LogP contribution in [0.25, 0.3) is 11.3 Å². The summed E-state index contributed by atoms with van der Waals surface area (Å²) in [5.74, 6) is 0.568. The highest BCUT2D eigenvalue weighted by Gasteiger charge is 2.50. The number of rotatable bonds is 8. The van der Waals surface area contributed by atoms with E-state index in [0.717, 1.165) is 11.3 Å². The number of esters is 1. The Kier molecular flexibility index (Phi) is 10.4. The van der Waals surface area contributed by atoms with Crippen LogP contribution in [0.5, 0.6) is 11.5 Å². The van der Waals surface area contributed by atoms with Gasteiger partial charge in [-0.25, -0.2) is 14.6 Å². The first kappa shape index (κ1) is 34.6. The molecule has 2 aliphatic rings. The van der Waals surface area contributed by atoms with Gasteiger partial charge in [-0.05, 0) is 64.3 Å². The number of carbonyl (C=O) groups is 2. The second kappa shape index (κ2) is 14.2. The van der Waals surface area contributed by atoms with Crippen LogP contribution < -0.4 is 19.7 Å². The third-order valence-electron chi connectivity index (χ3n) is 8.64. The molecule has 3 aromatic rings. The number of piperidine rings is 1. The van der Waals surface area contributed by atoms with Gasteiger partial charge < -0.3 is 33.9 Å². The van der Waals surface area contributed by atoms with Crippen LogP contribution in [0.3, 0.4) is 0 Å². The van der Waals surface area contributed by atoms with Crippen LogP contribution in [0.15, 0.2) is 48.5 Å². The Hall–Kier alpha value is -3.73. The Labute approximate surface area is 285 Å². The van der Waals surface area contributed by atoms with Gasteiger partial charge in [0.1, 0.15) is 29.4 Å². The van der Waals surface area contributed by atoms with Crippen molar-refractivity contribution < 1.29 is 33.3 Å². The van der Waals surface area contributed by atoms with Gasteiger partial charge in [0, 0.05) is 30.1 Å². The molecule has 10 nitrogen and oxygen atoms in total. The fourth-order valence-electron chi connectivity index (χ4n) is 6.18. The van der Waals surface area contributed by atoms with Crippen molar-refractivity contribution in [1.82, 2.24) is 10.3 Å². The molecular weight excluding hydrogens is 645 g/mol. The van der Waals surface area contributed by atoms with Crippen molar-refractivity contribution in [3.63, 3.8) is 0 Å². The van der Waals surface area contributed by atoms with Gasteiger partial charge >= 0.3 is 12.1 Å². The van der Waals surface area contributed by atoms with E-state index in [-0.39, 0.29) is 29.9 Å². The van der Waals surface area contributed by atoms with Crippen molar-refractivity contribution in [1.29, 1.82) is 0 Å². The zero-order valence-electron chi connectivity index (χ0n) is 27.5. The topological polar surface area (TPSA) is 108 Å². The lowest BCUT2D eigenvalue weighted by molar-refractivity contribution is 0.0433. The van der Waals surface area contributed by atoms with Gasteiger partial charge in [-0.2, -0.15) is 0 Å². The molecule has 2 fully saturated rings. The summed E-state index contributed by atoms with van der Waals surface area (Å²) in [5, 5.41) is 3.72. The first-order valence-corrected chi connectivity index (χ1v) is 16.3. The molecule has 2 aromatic carbocycles. The molecule has 252 valence electrons. The lowest BCUT2D eigenvalue weighted by Gasteiger charge is -2.43. The van der Waals surface area contributed by atoms with E-state index in [2.05, 4.69) is 10.2 Å². The second-order valence-electron chi connectivity index (χ2n) is 12.9. The fraction of sp³-hybridized carbons (Fsp3) is 0.457. The molecule has 2 atom stereocenters. The van der Waals surface area contributed by atoms with Gasteiger partial charge in [0.2, 0.25) is 0 Å². The molecule has 0 saturated carbocycles. The normalized spacial score (nSPS) is 18.9. The zero-order valence-corrected chi connectivity index (χ0v) is 29.0. The quantitative estimate of drug-likeness (QED) is 0.244. The average Bonchev–Trinajstić information content (AvgIpc) is 3.33. The van der Waals surface area contributed by atoms with E-state index in [1.54, 1.807) is 25.3 Å². The molecule has 0 unspecified atom stereocenters. The van der Waals surface area contributed by atoms with E-state index in [9.17, 15) is 9.59 Å². The van der Waals surface area contributed by atoms with Crippen molar-refractivity contribution >= 4 is 41.0 Å². The van der Waals surface area contributed by atoms with Gasteiger partial charge in [0.05, 0.1) is 48.7 Å². The van der Waals surface area contributed by atoms with Crippen molar-refractivity contribution in [2.24, 2.45) is 5.41 Å². The summed E-state index contributed by atoms with van der Waals surface area (Å²) in [6, 6.07) is 14.4. The van der Waals surface area contributed by atoms with Crippen LogP contribution in [0.2, 0.25) is 10.0 Å². The highest BCUT2D eigenvalue weighted by atomic mass is 35.5. The minimum atomic E-state index is -0.616. The number of benzene rings is 2. The number of pyridine rings is 1. The number of ether oxygens (including phenoxy) is 5. The van der Waals surface area contributed by atoms with Crippen molar-refractivity contribution in [2.45, 2.75) is 64.9 Å². The number of alkyl carbamates (subject to hydrolysis) is 1. The molecule has 0 aliphatic carbocycles. The first-order valence-electron chi connectivity index (χ1n) is 15.5. The first-order chi connectivity index (χ1) is 22.3. The maximum absolute atomic E-state index is 13.2. The fourth-order valence-corrected chi connectivity index (χ4v) is 6.57. The molecule has 1 spiro atoms. The van der Waals surface area contributed by atoms with Crippen molar-refractivity contribution in [3.8, 4) is 22.8 Å². The van der Waals surface area contributed by atoms with Crippen LogP contribution in [-0.4, -0.2) is 68.7 Å². The highest BCUT2D eigenvalue weighted by molar-refractivity contribution is 6.43. The van der Waals surface area contributed by atoms with Gasteiger partial charge in [0.15, 0.2) is 5.69 Å². The standard InChI is InChI=1S/C35H41Cl2N3O7/c1-21-31(39-33(42)47-34(2,3)4)35(20-46-21)14-16-40(17-15-35)26-18-27(45-19-22-10-12-23(43-5)13-11-22)29(38-30(26)32(41)44-6)24-8-7-9-25(36)28(24)37/h7-13,18,21,31H,14-17,19-20H2,1-6H3,(H,39,42)/t21-,31+/m0/s1. The number of anilines is 1. The largest absolute Gasteiger partial charge is 0.497 e. The monoisotopic (exact) mass is 685 g/mol. The predicted molar refractivity (Wildman–Crippen MR) is 181 cm³/mol. The minimum Gasteiger partial charge on any atom is -0.497 e. The molecular formula is C35H41Cl2N3O7. The summed E-state index contributed by atoms with van der Waals surface area (Å²) in [4.78, 5) is 32.9. The van der Waals surface area contributed by atoms with Gasteiger partial charge in [0.25, 0.3) is 0 Å². The number of amides is 1. The molecule has 0 radical (unpaired) electrons. The molecule has 2 saturated heterocycles. The Morgan fingerprint density at radius 2 is 1.79 bits per heavy atom. The molecule has 47 heavy (non-hydrogen) atoms. The Morgan fingerprint density at radius 1 is 1.09 bits per heavy atom. The Bertz CT molecular complexity index is 1600. The number of aromatic nitrogens is 1. The predicted octanol–water partition coefficient (Wildman–Crippen LogP) is 7.33. The molecule has 0 bridgehead atoms. The molecule has 12 heteroatoms. The number of nitrogens with zero attached hydrogens (tertiary/aromatic N) is 2. The van der Waals surface area contributed by atoms with Gasteiger partial charge in [-0.1, -0.05) is 47.5 Å². The zero-order chi connectivity index (χ0) is 33.9. The van der Waals surface area contributed by atoms with E-state index >= 15 is 0 Å². The number of nitrogens with one attached hydrogen (secondary N) is 1. The summed E-state index contributed by atoms with van der Waals surface area (Å²) in [5.41, 5.74) is 1.58. The molecule has 3 heterocycles. The lowest BCUT2D eigenvalue weighted by Crippen LogP contribution is -2.55.